The summed E-state index contributed by atoms with van der Waals surface area (Å²) in [5.41, 5.74) is 4.77. The maximum atomic E-state index is 13.1. The molecule has 2 aliphatic rings. The van der Waals surface area contributed by atoms with Crippen LogP contribution in [0.4, 0.5) is 0 Å². The van der Waals surface area contributed by atoms with Crippen LogP contribution in [0.25, 0.3) is 0 Å². The van der Waals surface area contributed by atoms with Crippen LogP contribution in [0.3, 0.4) is 0 Å². The van der Waals surface area contributed by atoms with E-state index in [0.717, 1.165) is 42.8 Å². The monoisotopic (exact) mass is 384 g/mol. The molecule has 2 aromatic heterocycles. The fourth-order valence-corrected chi connectivity index (χ4v) is 3.95. The molecule has 8 nitrogen and oxygen atoms in total. The van der Waals surface area contributed by atoms with Gasteiger partial charge in [0, 0.05) is 68.9 Å². The second kappa shape index (κ2) is 7.41. The van der Waals surface area contributed by atoms with Gasteiger partial charge in [0.15, 0.2) is 0 Å². The van der Waals surface area contributed by atoms with Crippen LogP contribution in [0.2, 0.25) is 0 Å². The normalized spacial score (nSPS) is 16.2. The number of nitrogens with one attached hydrogen (secondary N) is 1. The van der Waals surface area contributed by atoms with E-state index in [9.17, 15) is 9.59 Å². The Morgan fingerprint density at radius 1 is 1.32 bits per heavy atom. The smallest absolute Gasteiger partial charge is 0.257 e. The van der Waals surface area contributed by atoms with Crippen LogP contribution in [-0.2, 0) is 37.8 Å². The molecule has 0 radical (unpaired) electrons. The third-order valence-corrected chi connectivity index (χ3v) is 5.78. The summed E-state index contributed by atoms with van der Waals surface area (Å²) in [6, 6.07) is 0.380. The van der Waals surface area contributed by atoms with Crippen molar-refractivity contribution in [2.24, 2.45) is 7.05 Å². The minimum Gasteiger partial charge on any atom is -0.353 e. The molecule has 1 aliphatic heterocycles. The van der Waals surface area contributed by atoms with Crippen molar-refractivity contribution in [3.63, 3.8) is 0 Å². The number of carbonyl (C=O) groups excluding carboxylic acids is 2. The zero-order valence-corrected chi connectivity index (χ0v) is 16.9. The average Bonchev–Trinajstić information content (AvgIpc) is 3.34. The highest BCUT2D eigenvalue weighted by molar-refractivity contribution is 5.95. The van der Waals surface area contributed by atoms with Crippen molar-refractivity contribution >= 4 is 11.8 Å². The third-order valence-electron chi connectivity index (χ3n) is 5.78. The maximum absolute atomic E-state index is 13.1. The van der Waals surface area contributed by atoms with Gasteiger partial charge in [-0.25, -0.2) is 0 Å². The summed E-state index contributed by atoms with van der Waals surface area (Å²) in [6.45, 7) is 5.91. The Labute approximate surface area is 164 Å². The lowest BCUT2D eigenvalue weighted by atomic mass is 10.0. The average molecular weight is 384 g/mol. The van der Waals surface area contributed by atoms with Gasteiger partial charge in [0.05, 0.1) is 17.5 Å². The van der Waals surface area contributed by atoms with E-state index < -0.39 is 0 Å². The fourth-order valence-electron chi connectivity index (χ4n) is 3.95. The van der Waals surface area contributed by atoms with Gasteiger partial charge in [-0.2, -0.15) is 10.2 Å². The molecule has 0 spiro atoms. The summed E-state index contributed by atoms with van der Waals surface area (Å²) < 4.78 is 3.75. The van der Waals surface area contributed by atoms with Crippen LogP contribution in [0, 0.1) is 6.92 Å². The summed E-state index contributed by atoms with van der Waals surface area (Å²) in [5.74, 6) is 0.109. The first kappa shape index (κ1) is 18.7. The van der Waals surface area contributed by atoms with E-state index in [0.29, 0.717) is 37.5 Å². The largest absolute Gasteiger partial charge is 0.353 e. The topological polar surface area (TPSA) is 85.1 Å². The van der Waals surface area contributed by atoms with Crippen LogP contribution in [-0.4, -0.2) is 48.9 Å². The lowest BCUT2D eigenvalue weighted by molar-refractivity contribution is -0.121. The first-order valence-electron chi connectivity index (χ1n) is 10.1. The summed E-state index contributed by atoms with van der Waals surface area (Å²) >= 11 is 0. The summed E-state index contributed by atoms with van der Waals surface area (Å²) in [4.78, 5) is 27.0. The molecule has 0 saturated heterocycles. The second-order valence-corrected chi connectivity index (χ2v) is 7.77. The molecule has 150 valence electrons. The molecule has 28 heavy (non-hydrogen) atoms. The molecule has 2 aromatic rings. The van der Waals surface area contributed by atoms with E-state index in [1.165, 1.54) is 5.69 Å². The zero-order chi connectivity index (χ0) is 19.8. The van der Waals surface area contributed by atoms with Crippen LogP contribution < -0.4 is 5.32 Å². The molecule has 0 bridgehead atoms. The van der Waals surface area contributed by atoms with Gasteiger partial charge < -0.3 is 10.2 Å². The molecule has 3 heterocycles. The van der Waals surface area contributed by atoms with Crippen molar-refractivity contribution in [1.29, 1.82) is 0 Å². The van der Waals surface area contributed by atoms with Gasteiger partial charge in [-0.1, -0.05) is 0 Å². The predicted molar refractivity (Wildman–Crippen MR) is 104 cm³/mol. The van der Waals surface area contributed by atoms with E-state index in [-0.39, 0.29) is 11.8 Å². The summed E-state index contributed by atoms with van der Waals surface area (Å²) in [5, 5.41) is 12.0. The lowest BCUT2D eigenvalue weighted by Gasteiger charge is -2.27. The Kier molecular flexibility index (Phi) is 4.95. The van der Waals surface area contributed by atoms with Gasteiger partial charge >= 0.3 is 0 Å². The zero-order valence-electron chi connectivity index (χ0n) is 16.9. The van der Waals surface area contributed by atoms with Crippen molar-refractivity contribution in [2.45, 2.75) is 65.1 Å². The van der Waals surface area contributed by atoms with E-state index >= 15 is 0 Å². The van der Waals surface area contributed by atoms with E-state index in [4.69, 9.17) is 0 Å². The molecule has 1 aliphatic carbocycles. The maximum Gasteiger partial charge on any atom is 0.257 e. The van der Waals surface area contributed by atoms with Crippen LogP contribution in [0.15, 0.2) is 6.20 Å². The SMILES string of the molecule is CCn1ncc(C(=O)N2CCc3c(c(CCC(=O)NC4CC4)nn3C)C2)c1C. The number of carbonyl (C=O) groups is 2. The Bertz CT molecular complexity index is 908. The second-order valence-electron chi connectivity index (χ2n) is 7.77. The highest BCUT2D eigenvalue weighted by Crippen LogP contribution is 2.25. The molecule has 1 fully saturated rings. The molecule has 1 N–H and O–H groups in total. The third kappa shape index (κ3) is 3.55. The molecule has 0 unspecified atom stereocenters. The molecule has 0 atom stereocenters. The number of hydrogen-bond acceptors (Lipinski definition) is 4. The number of rotatable bonds is 6. The minimum atomic E-state index is 0.0177. The van der Waals surface area contributed by atoms with Gasteiger partial charge in [-0.15, -0.1) is 0 Å². The number of aryl methyl sites for hydroxylation is 3. The molecule has 8 heteroatoms. The van der Waals surface area contributed by atoms with E-state index in [1.54, 1.807) is 6.20 Å². The van der Waals surface area contributed by atoms with Gasteiger partial charge in [-0.05, 0) is 26.7 Å². The van der Waals surface area contributed by atoms with Crippen molar-refractivity contribution in [1.82, 2.24) is 29.8 Å². The summed E-state index contributed by atoms with van der Waals surface area (Å²) in [6.07, 6.45) is 5.68. The number of nitrogens with zero attached hydrogens (tertiary/aromatic N) is 5. The number of hydrogen-bond donors (Lipinski definition) is 1. The van der Waals surface area contributed by atoms with Crippen molar-refractivity contribution < 1.29 is 9.59 Å². The Morgan fingerprint density at radius 2 is 2.11 bits per heavy atom. The van der Waals surface area contributed by atoms with Crippen LogP contribution in [0.1, 0.15) is 59.2 Å². The number of aromatic nitrogens is 4. The number of amides is 2. The number of fused-ring (bicyclic) bond motifs is 1. The Balaban J connectivity index is 1.48. The van der Waals surface area contributed by atoms with Crippen molar-refractivity contribution in [3.8, 4) is 0 Å². The Hall–Kier alpha value is -2.64. The standard InChI is InChI=1S/C20H28N6O2/c1-4-26-13(2)15(11-21-26)20(28)25-10-9-18-16(12-25)17(23-24(18)3)7-8-19(27)22-14-5-6-14/h11,14H,4-10,12H2,1-3H3,(H,22,27). The van der Waals surface area contributed by atoms with Crippen molar-refractivity contribution in [2.75, 3.05) is 6.54 Å². The van der Waals surface area contributed by atoms with E-state index in [2.05, 4.69) is 15.5 Å². The molecule has 4 rings (SSSR count). The molecule has 2 amide bonds. The minimum absolute atomic E-state index is 0.0177. The highest BCUT2D eigenvalue weighted by atomic mass is 16.2. The lowest BCUT2D eigenvalue weighted by Crippen LogP contribution is -2.36. The Morgan fingerprint density at radius 3 is 2.79 bits per heavy atom. The van der Waals surface area contributed by atoms with Gasteiger partial charge in [0.25, 0.3) is 5.91 Å². The fraction of sp³-hybridized carbons (Fsp3) is 0.600. The quantitative estimate of drug-likeness (QED) is 0.815. The molecule has 1 saturated carbocycles. The van der Waals surface area contributed by atoms with Crippen LogP contribution in [0.5, 0.6) is 0 Å². The van der Waals surface area contributed by atoms with E-state index in [1.807, 2.05) is 35.2 Å². The first-order valence-corrected chi connectivity index (χ1v) is 10.1. The van der Waals surface area contributed by atoms with Crippen LogP contribution >= 0.6 is 0 Å². The first-order chi connectivity index (χ1) is 13.5. The predicted octanol–water partition coefficient (Wildman–Crippen LogP) is 1.35. The summed E-state index contributed by atoms with van der Waals surface area (Å²) in [7, 11) is 1.94. The molecular formula is C20H28N6O2. The van der Waals surface area contributed by atoms with Gasteiger partial charge in [0.1, 0.15) is 0 Å². The molecule has 0 aromatic carbocycles. The highest BCUT2D eigenvalue weighted by Gasteiger charge is 2.29. The molecular weight excluding hydrogens is 356 g/mol. The van der Waals surface area contributed by atoms with Gasteiger partial charge in [0.2, 0.25) is 5.91 Å². The van der Waals surface area contributed by atoms with Gasteiger partial charge in [-0.3, -0.25) is 19.0 Å². The van der Waals surface area contributed by atoms with Crippen molar-refractivity contribution in [3.05, 3.63) is 34.4 Å².